The van der Waals surface area contributed by atoms with Crippen molar-refractivity contribution in [2.45, 2.75) is 12.6 Å². The molecule has 5 nitrogen and oxygen atoms in total. The van der Waals surface area contributed by atoms with Crippen LogP contribution in [-0.2, 0) is 6.54 Å². The molecule has 0 saturated carbocycles. The van der Waals surface area contributed by atoms with Crippen molar-refractivity contribution in [3.05, 3.63) is 78.4 Å². The zero-order chi connectivity index (χ0) is 18.8. The molecule has 0 radical (unpaired) electrons. The number of aromatic carboxylic acids is 1. The number of aliphatic hydroxyl groups is 1. The second kappa shape index (κ2) is 7.13. The molecule has 0 bridgehead atoms. The Morgan fingerprint density at radius 3 is 2.04 bits per heavy atom. The van der Waals surface area contributed by atoms with Gasteiger partial charge in [0.1, 0.15) is 18.5 Å². The van der Waals surface area contributed by atoms with E-state index >= 15 is 0 Å². The Balaban J connectivity index is 1.52. The third kappa shape index (κ3) is 3.37. The fourth-order valence-corrected chi connectivity index (χ4v) is 3.34. The van der Waals surface area contributed by atoms with Gasteiger partial charge in [-0.1, -0.05) is 36.4 Å². The van der Waals surface area contributed by atoms with Crippen LogP contribution in [0.15, 0.2) is 72.8 Å². The lowest BCUT2D eigenvalue weighted by atomic mass is 10.2. The summed E-state index contributed by atoms with van der Waals surface area (Å²) in [7, 11) is 0. The minimum atomic E-state index is -1.23. The van der Waals surface area contributed by atoms with E-state index in [9.17, 15) is 15.0 Å². The summed E-state index contributed by atoms with van der Waals surface area (Å²) in [5, 5.41) is 23.6. The smallest absolute Gasteiger partial charge is 0.119 e. The summed E-state index contributed by atoms with van der Waals surface area (Å²) < 4.78 is 7.69. The standard InChI is InChI=1S/C22H19NO4/c24-16(14-27-17-11-9-15(10-12-17)22(25)26)13-23-20-7-3-1-5-18(20)19-6-2-4-8-21(19)23/h1-12,16,24H,13-14H2,(H,25,26)/p-1/t16-/m1/s1. The number of aliphatic hydroxyl groups excluding tert-OH is 1. The van der Waals surface area contributed by atoms with Crippen LogP contribution in [-0.4, -0.2) is 28.4 Å². The number of rotatable bonds is 6. The van der Waals surface area contributed by atoms with Gasteiger partial charge in [0.15, 0.2) is 0 Å². The van der Waals surface area contributed by atoms with Gasteiger partial charge in [0.05, 0.1) is 12.5 Å². The van der Waals surface area contributed by atoms with E-state index in [1.165, 1.54) is 12.1 Å². The Bertz CT molecular complexity index is 1050. The summed E-state index contributed by atoms with van der Waals surface area (Å²) in [6.07, 6.45) is -0.718. The number of nitrogens with zero attached hydrogens (tertiary/aromatic N) is 1. The molecule has 0 saturated heterocycles. The number of hydrogen-bond donors (Lipinski definition) is 1. The molecule has 27 heavy (non-hydrogen) atoms. The zero-order valence-corrected chi connectivity index (χ0v) is 14.5. The fourth-order valence-electron chi connectivity index (χ4n) is 3.34. The van der Waals surface area contributed by atoms with E-state index in [0.717, 1.165) is 21.8 Å². The number of carbonyl (C=O) groups is 1. The van der Waals surface area contributed by atoms with E-state index in [-0.39, 0.29) is 12.2 Å². The predicted octanol–water partition coefficient (Wildman–Crippen LogP) is 2.60. The minimum Gasteiger partial charge on any atom is -0.545 e. The molecule has 0 aliphatic heterocycles. The molecule has 4 aromatic rings. The highest BCUT2D eigenvalue weighted by Gasteiger charge is 2.13. The fraction of sp³-hybridized carbons (Fsp3) is 0.136. The summed E-state index contributed by atoms with van der Waals surface area (Å²) >= 11 is 0. The Kier molecular flexibility index (Phi) is 4.52. The van der Waals surface area contributed by atoms with Gasteiger partial charge in [0, 0.05) is 21.8 Å². The largest absolute Gasteiger partial charge is 0.545 e. The Labute approximate surface area is 156 Å². The van der Waals surface area contributed by atoms with Crippen molar-refractivity contribution < 1.29 is 19.7 Å². The lowest BCUT2D eigenvalue weighted by Crippen LogP contribution is -2.24. The average Bonchev–Trinajstić information content (AvgIpc) is 3.01. The summed E-state index contributed by atoms with van der Waals surface area (Å²) in [4.78, 5) is 10.8. The topological polar surface area (TPSA) is 74.5 Å². The van der Waals surface area contributed by atoms with E-state index in [2.05, 4.69) is 16.7 Å². The van der Waals surface area contributed by atoms with Crippen LogP contribution in [0.5, 0.6) is 5.75 Å². The van der Waals surface area contributed by atoms with E-state index in [1.54, 1.807) is 12.1 Å². The first-order valence-corrected chi connectivity index (χ1v) is 8.72. The van der Waals surface area contributed by atoms with Crippen molar-refractivity contribution in [3.63, 3.8) is 0 Å². The third-order valence-corrected chi connectivity index (χ3v) is 4.61. The van der Waals surface area contributed by atoms with E-state index < -0.39 is 12.1 Å². The number of carboxylic acids is 1. The highest BCUT2D eigenvalue weighted by atomic mass is 16.5. The van der Waals surface area contributed by atoms with Crippen LogP contribution >= 0.6 is 0 Å². The summed E-state index contributed by atoms with van der Waals surface area (Å²) in [5.74, 6) is -0.728. The summed E-state index contributed by atoms with van der Waals surface area (Å²) in [5.41, 5.74) is 2.22. The number of hydrogen-bond acceptors (Lipinski definition) is 4. The molecule has 0 fully saturated rings. The summed E-state index contributed by atoms with van der Waals surface area (Å²) in [6, 6.07) is 22.2. The van der Waals surface area contributed by atoms with Crippen LogP contribution < -0.4 is 9.84 Å². The van der Waals surface area contributed by atoms with Crippen LogP contribution in [0.3, 0.4) is 0 Å². The van der Waals surface area contributed by atoms with E-state index in [1.807, 2.05) is 36.4 Å². The Morgan fingerprint density at radius 1 is 0.926 bits per heavy atom. The molecule has 1 N–H and O–H groups in total. The van der Waals surface area contributed by atoms with Crippen molar-refractivity contribution in [3.8, 4) is 5.75 Å². The molecule has 0 aliphatic carbocycles. The second-order valence-corrected chi connectivity index (χ2v) is 6.42. The molecule has 0 unspecified atom stereocenters. The molecule has 136 valence electrons. The number of fused-ring (bicyclic) bond motifs is 3. The first kappa shape index (κ1) is 17.1. The maximum atomic E-state index is 10.8. The van der Waals surface area contributed by atoms with Gasteiger partial charge in [-0.2, -0.15) is 0 Å². The van der Waals surface area contributed by atoms with Crippen molar-refractivity contribution in [2.75, 3.05) is 6.61 Å². The molecule has 0 aliphatic rings. The monoisotopic (exact) mass is 360 g/mol. The Hall–Kier alpha value is -3.31. The van der Waals surface area contributed by atoms with Gasteiger partial charge in [-0.15, -0.1) is 0 Å². The van der Waals surface area contributed by atoms with Crippen LogP contribution in [0.2, 0.25) is 0 Å². The minimum absolute atomic E-state index is 0.0909. The highest BCUT2D eigenvalue weighted by Crippen LogP contribution is 2.28. The molecule has 1 heterocycles. The van der Waals surface area contributed by atoms with E-state index in [4.69, 9.17) is 4.74 Å². The molecule has 1 atom stereocenters. The van der Waals surface area contributed by atoms with Crippen LogP contribution in [0.25, 0.3) is 21.8 Å². The summed E-state index contributed by atoms with van der Waals surface area (Å²) in [6.45, 7) is 0.497. The number of aromatic nitrogens is 1. The van der Waals surface area contributed by atoms with Crippen molar-refractivity contribution in [1.82, 2.24) is 4.57 Å². The maximum Gasteiger partial charge on any atom is 0.119 e. The van der Waals surface area contributed by atoms with Crippen molar-refractivity contribution in [1.29, 1.82) is 0 Å². The van der Waals surface area contributed by atoms with Gasteiger partial charge in [-0.25, -0.2) is 0 Å². The van der Waals surface area contributed by atoms with Crippen molar-refractivity contribution in [2.24, 2.45) is 0 Å². The zero-order valence-electron chi connectivity index (χ0n) is 14.5. The van der Waals surface area contributed by atoms with Crippen LogP contribution in [0.4, 0.5) is 0 Å². The molecule has 3 aromatic carbocycles. The molecule has 0 amide bonds. The van der Waals surface area contributed by atoms with Crippen molar-refractivity contribution >= 4 is 27.8 Å². The van der Waals surface area contributed by atoms with E-state index in [0.29, 0.717) is 12.3 Å². The molecule has 4 rings (SSSR count). The number of benzene rings is 3. The molecule has 0 spiro atoms. The van der Waals surface area contributed by atoms with Gasteiger partial charge in [0.2, 0.25) is 0 Å². The van der Waals surface area contributed by atoms with Gasteiger partial charge in [-0.05, 0) is 42.0 Å². The molecule has 1 aromatic heterocycles. The first-order chi connectivity index (χ1) is 13.1. The molecular weight excluding hydrogens is 342 g/mol. The van der Waals surface area contributed by atoms with Gasteiger partial charge in [0.25, 0.3) is 0 Å². The normalized spacial score (nSPS) is 12.3. The number of para-hydroxylation sites is 2. The van der Waals surface area contributed by atoms with Crippen LogP contribution in [0.1, 0.15) is 10.4 Å². The predicted molar refractivity (Wildman–Crippen MR) is 102 cm³/mol. The average molecular weight is 360 g/mol. The number of ether oxygens (including phenoxy) is 1. The maximum absolute atomic E-state index is 10.8. The second-order valence-electron chi connectivity index (χ2n) is 6.42. The lowest BCUT2D eigenvalue weighted by Gasteiger charge is -2.15. The first-order valence-electron chi connectivity index (χ1n) is 8.72. The molecule has 5 heteroatoms. The number of carboxylic acid groups (broad SMARTS) is 1. The SMILES string of the molecule is O=C([O-])c1ccc(OC[C@H](O)Cn2c3ccccc3c3ccccc32)cc1. The van der Waals surface area contributed by atoms with Gasteiger partial charge < -0.3 is 24.3 Å². The van der Waals surface area contributed by atoms with Gasteiger partial charge in [-0.3, -0.25) is 0 Å². The van der Waals surface area contributed by atoms with Crippen LogP contribution in [0, 0.1) is 0 Å². The lowest BCUT2D eigenvalue weighted by molar-refractivity contribution is -0.255. The number of carbonyl (C=O) groups excluding carboxylic acids is 1. The third-order valence-electron chi connectivity index (χ3n) is 4.61. The Morgan fingerprint density at radius 2 is 1.48 bits per heavy atom. The quantitative estimate of drug-likeness (QED) is 0.574. The van der Waals surface area contributed by atoms with Gasteiger partial charge >= 0.3 is 0 Å². The highest BCUT2D eigenvalue weighted by molar-refractivity contribution is 6.07. The molecular formula is C22H18NO4-.